The van der Waals surface area contributed by atoms with Crippen molar-refractivity contribution in [1.82, 2.24) is 15.2 Å². The van der Waals surface area contributed by atoms with Gasteiger partial charge in [-0.25, -0.2) is 0 Å². The van der Waals surface area contributed by atoms with E-state index in [1.807, 2.05) is 0 Å². The average Bonchev–Trinajstić information content (AvgIpc) is 3.10. The van der Waals surface area contributed by atoms with Gasteiger partial charge in [0.1, 0.15) is 0 Å². The van der Waals surface area contributed by atoms with Gasteiger partial charge in [-0.1, -0.05) is 58.7 Å². The van der Waals surface area contributed by atoms with Gasteiger partial charge in [0.15, 0.2) is 0 Å². The van der Waals surface area contributed by atoms with Gasteiger partial charge < -0.3 is 15.2 Å². The lowest BCUT2D eigenvalue weighted by Gasteiger charge is -2.45. The molecule has 0 aliphatic heterocycles. The van der Waals surface area contributed by atoms with Crippen LogP contribution in [0.25, 0.3) is 10.9 Å². The maximum Gasteiger partial charge on any atom is 0.220 e. The molecular weight excluding hydrogens is 394 g/mol. The highest BCUT2D eigenvalue weighted by Gasteiger charge is 2.37. The minimum atomic E-state index is 0.0227. The Kier molecular flexibility index (Phi) is 8.08. The van der Waals surface area contributed by atoms with Crippen molar-refractivity contribution in [1.29, 1.82) is 0 Å². The van der Waals surface area contributed by atoms with Gasteiger partial charge in [0.25, 0.3) is 0 Å². The van der Waals surface area contributed by atoms with Gasteiger partial charge in [0.05, 0.1) is 0 Å². The molecule has 1 saturated carbocycles. The van der Waals surface area contributed by atoms with E-state index in [0.717, 1.165) is 6.42 Å². The number of amides is 1. The van der Waals surface area contributed by atoms with E-state index in [9.17, 15) is 4.79 Å². The topological polar surface area (TPSA) is 48.1 Å². The lowest BCUT2D eigenvalue weighted by atomic mass is 9.72. The van der Waals surface area contributed by atoms with Crippen molar-refractivity contribution in [3.8, 4) is 0 Å². The summed E-state index contributed by atoms with van der Waals surface area (Å²) in [4.78, 5) is 18.6. The molecule has 1 fully saturated rings. The predicted molar refractivity (Wildman–Crippen MR) is 136 cm³/mol. The highest BCUT2D eigenvalue weighted by atomic mass is 16.1. The molecule has 0 spiro atoms. The van der Waals surface area contributed by atoms with Crippen molar-refractivity contribution in [2.24, 2.45) is 5.41 Å². The number of nitrogens with zero attached hydrogens (tertiary/aromatic N) is 1. The van der Waals surface area contributed by atoms with Gasteiger partial charge >= 0.3 is 0 Å². The zero-order valence-electron chi connectivity index (χ0n) is 21.3. The Morgan fingerprint density at radius 1 is 1.19 bits per heavy atom. The minimum Gasteiger partial charge on any atom is -0.358 e. The summed E-state index contributed by atoms with van der Waals surface area (Å²) < 4.78 is 0. The SMILES string of the molecule is CCCCC1(N(C)C)CCC(c2[nH]c3ccccc3c2CCNC(=O)CC(C)(C)C)CC1. The number of hydrogen-bond acceptors (Lipinski definition) is 2. The van der Waals surface area contributed by atoms with Crippen LogP contribution >= 0.6 is 0 Å². The van der Waals surface area contributed by atoms with Crippen LogP contribution in [0.15, 0.2) is 24.3 Å². The van der Waals surface area contributed by atoms with E-state index in [-0.39, 0.29) is 11.3 Å². The van der Waals surface area contributed by atoms with Crippen LogP contribution in [-0.2, 0) is 11.2 Å². The van der Waals surface area contributed by atoms with Gasteiger partial charge in [-0.15, -0.1) is 0 Å². The highest BCUT2D eigenvalue weighted by molar-refractivity contribution is 5.85. The third-order valence-electron chi connectivity index (χ3n) is 7.50. The molecule has 0 unspecified atom stereocenters. The number of para-hydroxylation sites is 1. The molecule has 1 aromatic heterocycles. The Bertz CT molecular complexity index is 882. The maximum absolute atomic E-state index is 12.3. The number of H-pyrrole nitrogens is 1. The lowest BCUT2D eigenvalue weighted by Crippen LogP contribution is -2.46. The van der Waals surface area contributed by atoms with Crippen LogP contribution in [-0.4, -0.2) is 42.0 Å². The Balaban J connectivity index is 1.74. The predicted octanol–water partition coefficient (Wildman–Crippen LogP) is 6.41. The molecule has 1 aromatic carbocycles. The molecule has 0 atom stereocenters. The lowest BCUT2D eigenvalue weighted by molar-refractivity contribution is -0.122. The van der Waals surface area contributed by atoms with E-state index in [0.29, 0.717) is 24.4 Å². The number of nitrogens with one attached hydrogen (secondary N) is 2. The summed E-state index contributed by atoms with van der Waals surface area (Å²) in [6, 6.07) is 8.66. The molecule has 2 aromatic rings. The summed E-state index contributed by atoms with van der Waals surface area (Å²) in [5, 5.41) is 4.49. The molecule has 1 heterocycles. The van der Waals surface area contributed by atoms with Gasteiger partial charge in [-0.3, -0.25) is 4.79 Å². The zero-order chi connectivity index (χ0) is 23.4. The summed E-state index contributed by atoms with van der Waals surface area (Å²) in [6.07, 6.45) is 10.4. The van der Waals surface area contributed by atoms with Crippen LogP contribution in [0, 0.1) is 5.41 Å². The maximum atomic E-state index is 12.3. The fourth-order valence-electron chi connectivity index (χ4n) is 5.58. The number of carbonyl (C=O) groups is 1. The molecule has 1 aliphatic rings. The molecule has 2 N–H and O–H groups in total. The van der Waals surface area contributed by atoms with E-state index in [4.69, 9.17) is 0 Å². The number of unbranched alkanes of at least 4 members (excludes halogenated alkanes) is 1. The van der Waals surface area contributed by atoms with E-state index in [1.165, 1.54) is 67.1 Å². The summed E-state index contributed by atoms with van der Waals surface area (Å²) in [5.74, 6) is 0.737. The molecular formula is C28H45N3O. The number of hydrogen-bond donors (Lipinski definition) is 2. The summed E-state index contributed by atoms with van der Waals surface area (Å²) in [5.41, 5.74) is 4.44. The summed E-state index contributed by atoms with van der Waals surface area (Å²) >= 11 is 0. The second kappa shape index (κ2) is 10.4. The molecule has 178 valence electrons. The van der Waals surface area contributed by atoms with Gasteiger partial charge in [-0.2, -0.15) is 0 Å². The Hall–Kier alpha value is -1.81. The Morgan fingerprint density at radius 2 is 1.88 bits per heavy atom. The van der Waals surface area contributed by atoms with Crippen molar-refractivity contribution in [2.75, 3.05) is 20.6 Å². The first-order valence-electron chi connectivity index (χ1n) is 12.7. The normalized spacial score (nSPS) is 21.9. The first kappa shape index (κ1) is 24.8. The molecule has 4 heteroatoms. The van der Waals surface area contributed by atoms with E-state index >= 15 is 0 Å². The third kappa shape index (κ3) is 5.95. The molecule has 0 radical (unpaired) electrons. The van der Waals surface area contributed by atoms with Crippen LogP contribution in [0.5, 0.6) is 0 Å². The number of fused-ring (bicyclic) bond motifs is 1. The summed E-state index contributed by atoms with van der Waals surface area (Å²) in [6.45, 7) is 9.34. The van der Waals surface area contributed by atoms with Gasteiger partial charge in [-0.05, 0) is 75.6 Å². The molecule has 1 aliphatic carbocycles. The number of aromatic amines is 1. The average molecular weight is 440 g/mol. The second-order valence-corrected chi connectivity index (χ2v) is 11.4. The molecule has 0 bridgehead atoms. The van der Waals surface area contributed by atoms with E-state index in [2.05, 4.69) is 81.3 Å². The van der Waals surface area contributed by atoms with Crippen LogP contribution in [0.3, 0.4) is 0 Å². The van der Waals surface area contributed by atoms with Crippen molar-refractivity contribution in [3.63, 3.8) is 0 Å². The number of rotatable bonds is 9. The molecule has 0 saturated heterocycles. The number of aromatic nitrogens is 1. The second-order valence-electron chi connectivity index (χ2n) is 11.4. The zero-order valence-corrected chi connectivity index (χ0v) is 21.3. The molecule has 4 nitrogen and oxygen atoms in total. The van der Waals surface area contributed by atoms with Crippen molar-refractivity contribution < 1.29 is 4.79 Å². The van der Waals surface area contributed by atoms with Gasteiger partial charge in [0.2, 0.25) is 5.91 Å². The molecule has 32 heavy (non-hydrogen) atoms. The molecule has 3 rings (SSSR count). The quantitative estimate of drug-likeness (QED) is 0.474. The Labute approximate surface area is 195 Å². The van der Waals surface area contributed by atoms with Crippen LogP contribution in [0.4, 0.5) is 0 Å². The third-order valence-corrected chi connectivity index (χ3v) is 7.50. The summed E-state index contributed by atoms with van der Waals surface area (Å²) in [7, 11) is 4.54. The first-order valence-corrected chi connectivity index (χ1v) is 12.7. The monoisotopic (exact) mass is 439 g/mol. The number of benzene rings is 1. The van der Waals surface area contributed by atoms with Gasteiger partial charge in [0, 0.05) is 35.1 Å². The van der Waals surface area contributed by atoms with Crippen molar-refractivity contribution >= 4 is 16.8 Å². The minimum absolute atomic E-state index is 0.0227. The smallest absolute Gasteiger partial charge is 0.220 e. The standard InChI is InChI=1S/C28H45N3O/c1-7-8-16-28(31(5)6)17-13-21(14-18-28)26-23(22-11-9-10-12-24(22)30-26)15-19-29-25(32)20-27(2,3)4/h9-12,21,30H,7-8,13-20H2,1-6H3,(H,29,32). The van der Waals surface area contributed by atoms with Crippen molar-refractivity contribution in [2.45, 2.75) is 96.9 Å². The molecule has 1 amide bonds. The van der Waals surface area contributed by atoms with E-state index < -0.39 is 0 Å². The van der Waals surface area contributed by atoms with Crippen molar-refractivity contribution in [3.05, 3.63) is 35.5 Å². The van der Waals surface area contributed by atoms with Crippen LogP contribution in [0.1, 0.15) is 96.2 Å². The fourth-order valence-corrected chi connectivity index (χ4v) is 5.58. The Morgan fingerprint density at radius 3 is 2.50 bits per heavy atom. The largest absolute Gasteiger partial charge is 0.358 e. The van der Waals surface area contributed by atoms with Crippen LogP contribution < -0.4 is 5.32 Å². The fraction of sp³-hybridized carbons (Fsp3) is 0.679. The first-order chi connectivity index (χ1) is 15.1. The highest BCUT2D eigenvalue weighted by Crippen LogP contribution is 2.44. The van der Waals surface area contributed by atoms with Crippen LogP contribution in [0.2, 0.25) is 0 Å². The number of carbonyl (C=O) groups excluding carboxylic acids is 1. The van der Waals surface area contributed by atoms with E-state index in [1.54, 1.807) is 0 Å².